The van der Waals surface area contributed by atoms with Crippen LogP contribution < -0.4 is 16.4 Å². The van der Waals surface area contributed by atoms with Gasteiger partial charge in [-0.2, -0.15) is 0 Å². The van der Waals surface area contributed by atoms with E-state index in [1.54, 1.807) is 4.98 Å². The zero-order chi connectivity index (χ0) is 10.0. The van der Waals surface area contributed by atoms with Crippen LogP contribution in [0.4, 0.5) is 0 Å². The van der Waals surface area contributed by atoms with Crippen LogP contribution in [0.1, 0.15) is 16.1 Å². The maximum Gasteiger partial charge on any atom is 0.326 e. The summed E-state index contributed by atoms with van der Waals surface area (Å²) in [6.45, 7) is -0.782. The molecule has 3 N–H and O–H groups in total. The van der Waals surface area contributed by atoms with Gasteiger partial charge in [-0.1, -0.05) is 0 Å². The molecule has 1 aromatic heterocycles. The predicted octanol–water partition coefficient (Wildman–Crippen LogP) is -3.08. The largest absolute Gasteiger partial charge is 0.543 e. The van der Waals surface area contributed by atoms with Crippen LogP contribution in [-0.4, -0.2) is 21.0 Å². The summed E-state index contributed by atoms with van der Waals surface area (Å²) in [6, 6.07) is 0. The van der Waals surface area contributed by atoms with Gasteiger partial charge in [0.05, 0.1) is 23.8 Å². The first kappa shape index (κ1) is 9.20. The minimum atomic E-state index is -1.72. The number of aromatic carboxylic acids is 1. The molecule has 0 saturated heterocycles. The zero-order valence-corrected chi connectivity index (χ0v) is 6.29. The molecule has 0 spiro atoms. The number of carbonyl (C=O) groups is 1. The van der Waals surface area contributed by atoms with Crippen LogP contribution in [0, 0.1) is 0 Å². The highest BCUT2D eigenvalue weighted by molar-refractivity contribution is 5.84. The van der Waals surface area contributed by atoms with Crippen molar-refractivity contribution in [3.8, 4) is 0 Å². The Morgan fingerprint density at radius 2 is 2.00 bits per heavy atom. The predicted molar refractivity (Wildman–Crippen MR) is 37.9 cm³/mol. The fourth-order valence-corrected chi connectivity index (χ4v) is 0.837. The molecule has 0 aliphatic rings. The number of aromatic nitrogens is 2. The third kappa shape index (κ3) is 1.64. The molecule has 7 nitrogen and oxygen atoms in total. The Morgan fingerprint density at radius 1 is 1.38 bits per heavy atom. The number of H-pyrrole nitrogens is 2. The molecule has 0 amide bonds. The Kier molecular flexibility index (Phi) is 2.29. The molecule has 7 heteroatoms. The maximum absolute atomic E-state index is 10.9. The van der Waals surface area contributed by atoms with E-state index in [1.165, 1.54) is 0 Å². The van der Waals surface area contributed by atoms with Gasteiger partial charge in [-0.25, -0.2) is 4.79 Å². The first-order chi connectivity index (χ1) is 6.06. The molecule has 1 aromatic rings. The number of hydrogen-bond donors (Lipinski definition) is 3. The van der Waals surface area contributed by atoms with Crippen molar-refractivity contribution in [3.05, 3.63) is 32.1 Å². The quantitative estimate of drug-likeness (QED) is 0.450. The molecule has 13 heavy (non-hydrogen) atoms. The van der Waals surface area contributed by atoms with Crippen molar-refractivity contribution in [1.82, 2.24) is 9.97 Å². The van der Waals surface area contributed by atoms with Gasteiger partial charge >= 0.3 is 5.69 Å². The first-order valence-electron chi connectivity index (χ1n) is 3.24. The van der Waals surface area contributed by atoms with E-state index in [9.17, 15) is 19.5 Å². The molecule has 1 heterocycles. The molecule has 0 aromatic carbocycles. The molecule has 0 fully saturated rings. The van der Waals surface area contributed by atoms with E-state index in [-0.39, 0.29) is 0 Å². The van der Waals surface area contributed by atoms with Gasteiger partial charge in [0.1, 0.15) is 0 Å². The summed E-state index contributed by atoms with van der Waals surface area (Å²) in [5, 5.41) is 18.9. The van der Waals surface area contributed by atoms with Crippen LogP contribution in [0.5, 0.6) is 0 Å². The lowest BCUT2D eigenvalue weighted by Gasteiger charge is -2.05. The number of hydrogen-bond acceptors (Lipinski definition) is 5. The summed E-state index contributed by atoms with van der Waals surface area (Å²) in [6.07, 6.45) is 0. The van der Waals surface area contributed by atoms with Gasteiger partial charge in [-0.15, -0.1) is 0 Å². The summed E-state index contributed by atoms with van der Waals surface area (Å²) >= 11 is 0. The van der Waals surface area contributed by atoms with Gasteiger partial charge in [-0.05, 0) is 0 Å². The van der Waals surface area contributed by atoms with E-state index in [1.807, 2.05) is 4.98 Å². The second-order valence-electron chi connectivity index (χ2n) is 2.21. The molecule has 0 atom stereocenters. The highest BCUT2D eigenvalue weighted by Gasteiger charge is 2.08. The van der Waals surface area contributed by atoms with Crippen LogP contribution in [0.25, 0.3) is 0 Å². The molecule has 1 rings (SSSR count). The minimum Gasteiger partial charge on any atom is -0.543 e. The average Bonchev–Trinajstić information content (AvgIpc) is 2.02. The number of aliphatic hydroxyl groups is 1. The second-order valence-corrected chi connectivity index (χ2v) is 2.21. The molecule has 0 radical (unpaired) electrons. The molecule has 0 aliphatic carbocycles. The monoisotopic (exact) mass is 185 g/mol. The van der Waals surface area contributed by atoms with Gasteiger partial charge in [0.2, 0.25) is 0 Å². The second kappa shape index (κ2) is 3.23. The summed E-state index contributed by atoms with van der Waals surface area (Å²) in [7, 11) is 0. The zero-order valence-electron chi connectivity index (χ0n) is 6.29. The highest BCUT2D eigenvalue weighted by atomic mass is 16.4. The minimum absolute atomic E-state index is 0.431. The maximum atomic E-state index is 10.9. The van der Waals surface area contributed by atoms with Gasteiger partial charge in [0, 0.05) is 0 Å². The fraction of sp³-hybridized carbons (Fsp3) is 0.167. The van der Waals surface area contributed by atoms with Crippen LogP contribution in [0.3, 0.4) is 0 Å². The molecule has 0 aliphatic heterocycles. The van der Waals surface area contributed by atoms with Crippen LogP contribution in [-0.2, 0) is 6.61 Å². The molecular formula is C6H5N2O5-. The smallest absolute Gasteiger partial charge is 0.326 e. The fourth-order valence-electron chi connectivity index (χ4n) is 0.837. The van der Waals surface area contributed by atoms with Crippen LogP contribution in [0.2, 0.25) is 0 Å². The summed E-state index contributed by atoms with van der Waals surface area (Å²) < 4.78 is 0. The lowest BCUT2D eigenvalue weighted by molar-refractivity contribution is -0.255. The van der Waals surface area contributed by atoms with Crippen molar-refractivity contribution in [2.24, 2.45) is 0 Å². The van der Waals surface area contributed by atoms with Gasteiger partial charge in [-0.3, -0.25) is 9.78 Å². The van der Waals surface area contributed by atoms with E-state index >= 15 is 0 Å². The van der Waals surface area contributed by atoms with Crippen molar-refractivity contribution in [2.75, 3.05) is 0 Å². The number of carboxylic acids is 1. The SMILES string of the molecule is O=C([O-])c1[nH]c(=O)[nH]c(=O)c1CO. The third-order valence-electron chi connectivity index (χ3n) is 1.40. The lowest BCUT2D eigenvalue weighted by atomic mass is 10.2. The number of aromatic amines is 2. The Labute approximate surface area is 70.7 Å². The van der Waals surface area contributed by atoms with E-state index in [0.29, 0.717) is 0 Å². The third-order valence-corrected chi connectivity index (χ3v) is 1.40. The van der Waals surface area contributed by atoms with Crippen molar-refractivity contribution in [3.63, 3.8) is 0 Å². The van der Waals surface area contributed by atoms with E-state index in [2.05, 4.69) is 0 Å². The number of carbonyl (C=O) groups excluding carboxylic acids is 1. The first-order valence-corrected chi connectivity index (χ1v) is 3.24. The number of nitrogens with one attached hydrogen (secondary N) is 2. The summed E-state index contributed by atoms with van der Waals surface area (Å²) in [5.41, 5.74) is -3.03. The van der Waals surface area contributed by atoms with Crippen molar-refractivity contribution >= 4 is 5.97 Å². The standard InChI is InChI=1S/C6H6N2O5/c9-1-2-3(5(11)12)7-6(13)8-4(2)10/h9H,1H2,(H,11,12)(H2,7,8,10,13)/p-1. The van der Waals surface area contributed by atoms with E-state index in [0.717, 1.165) is 0 Å². The molecule has 0 unspecified atom stereocenters. The number of carboxylic acid groups (broad SMARTS) is 1. The van der Waals surface area contributed by atoms with E-state index in [4.69, 9.17) is 5.11 Å². The Bertz CT molecular complexity index is 443. The van der Waals surface area contributed by atoms with Crippen molar-refractivity contribution in [1.29, 1.82) is 0 Å². The Hall–Kier alpha value is -1.89. The van der Waals surface area contributed by atoms with Crippen LogP contribution in [0.15, 0.2) is 9.59 Å². The molecule has 0 saturated carbocycles. The number of rotatable bonds is 2. The summed E-state index contributed by atoms with van der Waals surface area (Å²) in [5.74, 6) is -1.72. The molecule has 0 bridgehead atoms. The lowest BCUT2D eigenvalue weighted by Crippen LogP contribution is -2.35. The van der Waals surface area contributed by atoms with E-state index < -0.39 is 35.1 Å². The molecule has 70 valence electrons. The summed E-state index contributed by atoms with van der Waals surface area (Å²) in [4.78, 5) is 35.4. The number of aliphatic hydroxyl groups excluding tert-OH is 1. The van der Waals surface area contributed by atoms with Gasteiger partial charge in [0.25, 0.3) is 5.56 Å². The van der Waals surface area contributed by atoms with Gasteiger partial charge < -0.3 is 20.0 Å². The Morgan fingerprint density at radius 3 is 2.46 bits per heavy atom. The Balaban J connectivity index is 3.57. The van der Waals surface area contributed by atoms with Crippen molar-refractivity contribution in [2.45, 2.75) is 6.61 Å². The highest BCUT2D eigenvalue weighted by Crippen LogP contribution is 1.94. The topological polar surface area (TPSA) is 126 Å². The normalized spacial score (nSPS) is 9.92. The van der Waals surface area contributed by atoms with Crippen LogP contribution >= 0.6 is 0 Å². The van der Waals surface area contributed by atoms with Crippen molar-refractivity contribution < 1.29 is 15.0 Å². The molecular weight excluding hydrogens is 180 g/mol. The average molecular weight is 185 g/mol. The van der Waals surface area contributed by atoms with Gasteiger partial charge in [0.15, 0.2) is 0 Å².